The lowest BCUT2D eigenvalue weighted by Gasteiger charge is -2.28. The van der Waals surface area contributed by atoms with Crippen molar-refractivity contribution >= 4 is 35.1 Å². The highest BCUT2D eigenvalue weighted by Crippen LogP contribution is 2.46. The molecule has 0 saturated heterocycles. The van der Waals surface area contributed by atoms with Gasteiger partial charge in [-0.1, -0.05) is 42.5 Å². The highest BCUT2D eigenvalue weighted by molar-refractivity contribution is 7.99. The molecule has 8 heteroatoms. The summed E-state index contributed by atoms with van der Waals surface area (Å²) in [4.78, 5) is 31.6. The standard InChI is InChI=1S/C27H29N3O4S/c1-29(2)17-18-30-22-11-7-8-12-23(22)35-25(19-13-15-21(33-3)16-14-19)24(26(30)31)34-27(32)28-20-9-5-4-6-10-20/h4-16,24-25H,17-18H2,1-3H3,(H,28,32)/t24-,25+/m1/s1. The second kappa shape index (κ2) is 11.3. The molecule has 0 unspecified atom stereocenters. The Bertz CT molecular complexity index is 1150. The Labute approximate surface area is 210 Å². The maximum atomic E-state index is 14.0. The van der Waals surface area contributed by atoms with Crippen molar-refractivity contribution in [2.45, 2.75) is 16.2 Å². The van der Waals surface area contributed by atoms with Crippen molar-refractivity contribution < 1.29 is 19.1 Å². The molecule has 0 aliphatic carbocycles. The van der Waals surface area contributed by atoms with Gasteiger partial charge in [-0.25, -0.2) is 4.79 Å². The molecule has 1 aliphatic rings. The summed E-state index contributed by atoms with van der Waals surface area (Å²) in [5.41, 5.74) is 2.28. The van der Waals surface area contributed by atoms with Crippen molar-refractivity contribution in [2.24, 2.45) is 0 Å². The summed E-state index contributed by atoms with van der Waals surface area (Å²) in [6.07, 6.45) is -1.71. The molecule has 1 aliphatic heterocycles. The molecule has 0 fully saturated rings. The van der Waals surface area contributed by atoms with Crippen molar-refractivity contribution in [1.29, 1.82) is 0 Å². The number of rotatable bonds is 7. The Morgan fingerprint density at radius 2 is 1.69 bits per heavy atom. The maximum absolute atomic E-state index is 14.0. The molecule has 0 spiro atoms. The number of nitrogens with zero attached hydrogens (tertiary/aromatic N) is 2. The van der Waals surface area contributed by atoms with Crippen LogP contribution >= 0.6 is 11.8 Å². The molecule has 0 saturated carbocycles. The number of anilines is 2. The van der Waals surface area contributed by atoms with E-state index in [1.807, 2.05) is 85.7 Å². The zero-order valence-electron chi connectivity index (χ0n) is 20.0. The van der Waals surface area contributed by atoms with Gasteiger partial charge in [-0.3, -0.25) is 10.1 Å². The van der Waals surface area contributed by atoms with E-state index in [1.54, 1.807) is 24.1 Å². The lowest BCUT2D eigenvalue weighted by molar-refractivity contribution is -0.126. The van der Waals surface area contributed by atoms with Crippen LogP contribution < -0.4 is 15.0 Å². The number of fused-ring (bicyclic) bond motifs is 1. The minimum absolute atomic E-state index is 0.256. The van der Waals surface area contributed by atoms with E-state index in [-0.39, 0.29) is 5.91 Å². The molecule has 3 aromatic carbocycles. The van der Waals surface area contributed by atoms with E-state index < -0.39 is 17.4 Å². The minimum atomic E-state index is -1.04. The lowest BCUT2D eigenvalue weighted by Crippen LogP contribution is -2.45. The molecular formula is C27H29N3O4S. The molecule has 182 valence electrons. The number of para-hydroxylation sites is 2. The number of benzene rings is 3. The van der Waals surface area contributed by atoms with Crippen LogP contribution in [0.2, 0.25) is 0 Å². The fourth-order valence-corrected chi connectivity index (χ4v) is 5.16. The highest BCUT2D eigenvalue weighted by Gasteiger charge is 2.41. The smallest absolute Gasteiger partial charge is 0.412 e. The number of hydrogen-bond donors (Lipinski definition) is 1. The summed E-state index contributed by atoms with van der Waals surface area (Å²) < 4.78 is 11.2. The van der Waals surface area contributed by atoms with Crippen LogP contribution in [0, 0.1) is 0 Å². The van der Waals surface area contributed by atoms with Gasteiger partial charge < -0.3 is 19.3 Å². The second-order valence-electron chi connectivity index (χ2n) is 8.39. The number of carbonyl (C=O) groups excluding carboxylic acids is 2. The molecule has 0 bridgehead atoms. The Morgan fingerprint density at radius 3 is 2.37 bits per heavy atom. The SMILES string of the molecule is COc1ccc([C@@H]2Sc3ccccc3N(CCN(C)C)C(=O)[C@@H]2OC(=O)Nc2ccccc2)cc1. The number of likely N-dealkylation sites (N-methyl/N-ethyl adjacent to an activating group) is 1. The van der Waals surface area contributed by atoms with Gasteiger partial charge in [-0.05, 0) is 56.1 Å². The summed E-state index contributed by atoms with van der Waals surface area (Å²) >= 11 is 1.52. The molecule has 0 radical (unpaired) electrons. The highest BCUT2D eigenvalue weighted by atomic mass is 32.2. The van der Waals surface area contributed by atoms with E-state index in [2.05, 4.69) is 5.32 Å². The van der Waals surface area contributed by atoms with Gasteiger partial charge in [0.05, 0.1) is 18.0 Å². The molecule has 7 nitrogen and oxygen atoms in total. The van der Waals surface area contributed by atoms with Crippen molar-refractivity contribution in [3.05, 3.63) is 84.4 Å². The van der Waals surface area contributed by atoms with E-state index in [4.69, 9.17) is 9.47 Å². The van der Waals surface area contributed by atoms with Crippen LogP contribution in [0.1, 0.15) is 10.8 Å². The van der Waals surface area contributed by atoms with Crippen LogP contribution in [-0.4, -0.2) is 57.3 Å². The Hall–Kier alpha value is -3.49. The van der Waals surface area contributed by atoms with Crippen molar-refractivity contribution in [1.82, 2.24) is 4.90 Å². The second-order valence-corrected chi connectivity index (χ2v) is 9.57. The molecule has 1 N–H and O–H groups in total. The predicted octanol–water partition coefficient (Wildman–Crippen LogP) is 5.05. The van der Waals surface area contributed by atoms with Gasteiger partial charge in [-0.2, -0.15) is 0 Å². The van der Waals surface area contributed by atoms with E-state index >= 15 is 0 Å². The van der Waals surface area contributed by atoms with Crippen LogP contribution in [0.4, 0.5) is 16.2 Å². The largest absolute Gasteiger partial charge is 0.497 e. The molecule has 2 amide bonds. The number of hydrogen-bond acceptors (Lipinski definition) is 6. The van der Waals surface area contributed by atoms with Crippen LogP contribution in [0.25, 0.3) is 0 Å². The van der Waals surface area contributed by atoms with E-state index in [9.17, 15) is 9.59 Å². The molecule has 3 aromatic rings. The Kier molecular flexibility index (Phi) is 7.94. The Morgan fingerprint density at radius 1 is 1.00 bits per heavy atom. The zero-order valence-corrected chi connectivity index (χ0v) is 20.8. The fourth-order valence-electron chi connectivity index (χ4n) is 3.84. The fraction of sp³-hybridized carbons (Fsp3) is 0.259. The van der Waals surface area contributed by atoms with Crippen LogP contribution in [0.5, 0.6) is 5.75 Å². The zero-order chi connectivity index (χ0) is 24.8. The third kappa shape index (κ3) is 5.96. The first-order chi connectivity index (χ1) is 17.0. The monoisotopic (exact) mass is 491 g/mol. The van der Waals surface area contributed by atoms with Crippen molar-refractivity contribution in [3.63, 3.8) is 0 Å². The predicted molar refractivity (Wildman–Crippen MR) is 139 cm³/mol. The number of thioether (sulfide) groups is 1. The first-order valence-electron chi connectivity index (χ1n) is 11.3. The average Bonchev–Trinajstić information content (AvgIpc) is 2.98. The van der Waals surface area contributed by atoms with Gasteiger partial charge >= 0.3 is 6.09 Å². The van der Waals surface area contributed by atoms with Crippen LogP contribution in [-0.2, 0) is 9.53 Å². The van der Waals surface area contributed by atoms with Crippen LogP contribution in [0.3, 0.4) is 0 Å². The number of ether oxygens (including phenoxy) is 2. The number of carbonyl (C=O) groups is 2. The topological polar surface area (TPSA) is 71.1 Å². The third-order valence-electron chi connectivity index (χ3n) is 5.66. The summed E-state index contributed by atoms with van der Waals surface area (Å²) in [6.45, 7) is 1.14. The van der Waals surface area contributed by atoms with Gasteiger partial charge in [0, 0.05) is 23.7 Å². The molecule has 1 heterocycles. The molecule has 2 atom stereocenters. The maximum Gasteiger partial charge on any atom is 0.412 e. The number of methoxy groups -OCH3 is 1. The molecule has 35 heavy (non-hydrogen) atoms. The van der Waals surface area contributed by atoms with Gasteiger partial charge in [0.15, 0.2) is 6.10 Å². The quantitative estimate of drug-likeness (QED) is 0.499. The number of amides is 2. The molecule has 4 rings (SSSR count). The molecule has 0 aromatic heterocycles. The first kappa shape index (κ1) is 24.6. The van der Waals surface area contributed by atoms with Crippen LogP contribution in [0.15, 0.2) is 83.8 Å². The van der Waals surface area contributed by atoms with E-state index in [1.165, 1.54) is 11.8 Å². The van der Waals surface area contributed by atoms with E-state index in [0.717, 1.165) is 16.1 Å². The van der Waals surface area contributed by atoms with Crippen molar-refractivity contribution in [2.75, 3.05) is 44.5 Å². The molecular weight excluding hydrogens is 462 g/mol. The normalized spacial score (nSPS) is 17.5. The van der Waals surface area contributed by atoms with Crippen molar-refractivity contribution in [3.8, 4) is 5.75 Å². The Balaban J connectivity index is 1.71. The third-order valence-corrected chi connectivity index (χ3v) is 7.04. The lowest BCUT2D eigenvalue weighted by atomic mass is 10.1. The summed E-state index contributed by atoms with van der Waals surface area (Å²) in [5, 5.41) is 2.29. The minimum Gasteiger partial charge on any atom is -0.497 e. The van der Waals surface area contributed by atoms with E-state index in [0.29, 0.717) is 24.5 Å². The number of nitrogens with one attached hydrogen (secondary N) is 1. The van der Waals surface area contributed by atoms with Gasteiger partial charge in [-0.15, -0.1) is 11.8 Å². The summed E-state index contributed by atoms with van der Waals surface area (Å²) in [5.74, 6) is 0.458. The average molecular weight is 492 g/mol. The van der Waals surface area contributed by atoms with Gasteiger partial charge in [0.1, 0.15) is 5.75 Å². The summed E-state index contributed by atoms with van der Waals surface area (Å²) in [6, 6.07) is 24.4. The summed E-state index contributed by atoms with van der Waals surface area (Å²) in [7, 11) is 5.53. The first-order valence-corrected chi connectivity index (χ1v) is 12.2. The van der Waals surface area contributed by atoms with Gasteiger partial charge in [0.2, 0.25) is 0 Å². The van der Waals surface area contributed by atoms with Gasteiger partial charge in [0.25, 0.3) is 5.91 Å².